The minimum atomic E-state index is 0.0131. The van der Waals surface area contributed by atoms with Gasteiger partial charge in [-0.05, 0) is 18.6 Å². The number of nitrogens with two attached hydrogens (primary N) is 1. The first-order valence-electron chi connectivity index (χ1n) is 5.47. The van der Waals surface area contributed by atoms with Crippen molar-refractivity contribution in [3.05, 3.63) is 0 Å². The molecule has 3 atom stereocenters. The Morgan fingerprint density at radius 1 is 1.36 bits per heavy atom. The van der Waals surface area contributed by atoms with Gasteiger partial charge < -0.3 is 15.2 Å². The molecule has 0 aromatic carbocycles. The van der Waals surface area contributed by atoms with Crippen LogP contribution < -0.4 is 5.73 Å². The van der Waals surface area contributed by atoms with E-state index in [2.05, 4.69) is 11.8 Å². The summed E-state index contributed by atoms with van der Waals surface area (Å²) >= 11 is 2.07. The highest BCUT2D eigenvalue weighted by Crippen LogP contribution is 2.30. The van der Waals surface area contributed by atoms with Crippen LogP contribution in [0.1, 0.15) is 25.7 Å². The zero-order valence-electron chi connectivity index (χ0n) is 8.48. The van der Waals surface area contributed by atoms with Gasteiger partial charge in [0.2, 0.25) is 0 Å². The maximum absolute atomic E-state index is 5.65. The molecule has 3 nitrogen and oxygen atoms in total. The topological polar surface area (TPSA) is 44.5 Å². The number of ether oxygens (including phenoxy) is 2. The summed E-state index contributed by atoms with van der Waals surface area (Å²) < 4.78 is 11.2. The largest absolute Gasteiger partial charge is 0.350 e. The molecular weight excluding hydrogens is 198 g/mol. The molecule has 3 unspecified atom stereocenters. The van der Waals surface area contributed by atoms with Crippen molar-refractivity contribution in [1.29, 1.82) is 0 Å². The van der Waals surface area contributed by atoms with Crippen LogP contribution in [-0.4, -0.2) is 36.5 Å². The van der Waals surface area contributed by atoms with E-state index in [1.807, 2.05) is 0 Å². The van der Waals surface area contributed by atoms with Crippen LogP contribution >= 0.6 is 11.8 Å². The molecule has 2 aliphatic rings. The molecule has 2 saturated heterocycles. The SMILES string of the molecule is NCC1COC(CC2CCCCS2)O1. The van der Waals surface area contributed by atoms with Gasteiger partial charge in [-0.2, -0.15) is 11.8 Å². The van der Waals surface area contributed by atoms with Crippen LogP contribution in [-0.2, 0) is 9.47 Å². The van der Waals surface area contributed by atoms with Crippen molar-refractivity contribution in [3.63, 3.8) is 0 Å². The minimum Gasteiger partial charge on any atom is -0.350 e. The summed E-state index contributed by atoms with van der Waals surface area (Å²) in [5, 5.41) is 0.741. The third-order valence-corrected chi connectivity index (χ3v) is 4.23. The molecule has 2 fully saturated rings. The lowest BCUT2D eigenvalue weighted by molar-refractivity contribution is -0.0607. The molecule has 2 N–H and O–H groups in total. The summed E-state index contributed by atoms with van der Waals surface area (Å²) in [7, 11) is 0. The Bertz CT molecular complexity index is 174. The number of hydrogen-bond donors (Lipinski definition) is 1. The van der Waals surface area contributed by atoms with Crippen molar-refractivity contribution in [2.75, 3.05) is 18.9 Å². The van der Waals surface area contributed by atoms with E-state index in [9.17, 15) is 0 Å². The second kappa shape index (κ2) is 5.35. The molecule has 2 heterocycles. The predicted molar refractivity (Wildman–Crippen MR) is 58.4 cm³/mol. The van der Waals surface area contributed by atoms with Gasteiger partial charge in [0.1, 0.15) is 0 Å². The normalized spacial score (nSPS) is 38.8. The molecule has 4 heteroatoms. The Morgan fingerprint density at radius 2 is 2.29 bits per heavy atom. The second-order valence-corrected chi connectivity index (χ2v) is 5.39. The van der Waals surface area contributed by atoms with Crippen LogP contribution in [0.5, 0.6) is 0 Å². The van der Waals surface area contributed by atoms with Gasteiger partial charge >= 0.3 is 0 Å². The fourth-order valence-corrected chi connectivity index (χ4v) is 3.29. The maximum atomic E-state index is 5.65. The summed E-state index contributed by atoms with van der Waals surface area (Å²) in [5.41, 5.74) is 5.52. The third kappa shape index (κ3) is 2.86. The van der Waals surface area contributed by atoms with E-state index in [0.29, 0.717) is 13.2 Å². The zero-order chi connectivity index (χ0) is 9.80. The Kier molecular flexibility index (Phi) is 4.10. The molecule has 0 aromatic heterocycles. The van der Waals surface area contributed by atoms with Gasteiger partial charge in [-0.3, -0.25) is 0 Å². The van der Waals surface area contributed by atoms with Crippen molar-refractivity contribution >= 4 is 11.8 Å². The highest BCUT2D eigenvalue weighted by Gasteiger charge is 2.28. The molecular formula is C10H19NO2S. The van der Waals surface area contributed by atoms with Gasteiger partial charge in [0.25, 0.3) is 0 Å². The van der Waals surface area contributed by atoms with E-state index < -0.39 is 0 Å². The molecule has 0 bridgehead atoms. The highest BCUT2D eigenvalue weighted by molar-refractivity contribution is 7.99. The molecule has 0 amide bonds. The van der Waals surface area contributed by atoms with Crippen molar-refractivity contribution in [3.8, 4) is 0 Å². The van der Waals surface area contributed by atoms with Crippen LogP contribution in [0.15, 0.2) is 0 Å². The lowest BCUT2D eigenvalue weighted by Crippen LogP contribution is -2.24. The van der Waals surface area contributed by atoms with Crippen molar-refractivity contribution in [2.24, 2.45) is 5.73 Å². The van der Waals surface area contributed by atoms with Crippen LogP contribution in [0.25, 0.3) is 0 Å². The van der Waals surface area contributed by atoms with Crippen LogP contribution in [0.3, 0.4) is 0 Å². The van der Waals surface area contributed by atoms with Crippen molar-refractivity contribution in [2.45, 2.75) is 43.3 Å². The predicted octanol–water partition coefficient (Wildman–Crippen LogP) is 1.36. The van der Waals surface area contributed by atoms with E-state index in [-0.39, 0.29) is 12.4 Å². The molecule has 0 aromatic rings. The minimum absolute atomic E-state index is 0.0131. The van der Waals surface area contributed by atoms with Gasteiger partial charge in [-0.15, -0.1) is 0 Å². The fraction of sp³-hybridized carbons (Fsp3) is 1.00. The molecule has 0 radical (unpaired) electrons. The smallest absolute Gasteiger partial charge is 0.159 e. The summed E-state index contributed by atoms with van der Waals surface area (Å²) in [6.07, 6.45) is 5.25. The van der Waals surface area contributed by atoms with Gasteiger partial charge in [-0.1, -0.05) is 6.42 Å². The standard InChI is InChI=1S/C10H19NO2S/c11-6-8-7-12-10(13-8)5-9-3-1-2-4-14-9/h8-10H,1-7,11H2. The first-order valence-corrected chi connectivity index (χ1v) is 6.52. The lowest BCUT2D eigenvalue weighted by Gasteiger charge is -2.23. The van der Waals surface area contributed by atoms with Crippen molar-refractivity contribution in [1.82, 2.24) is 0 Å². The van der Waals surface area contributed by atoms with Crippen LogP contribution in [0.4, 0.5) is 0 Å². The third-order valence-electron chi connectivity index (χ3n) is 2.80. The van der Waals surface area contributed by atoms with E-state index in [1.165, 1.54) is 25.0 Å². The summed E-state index contributed by atoms with van der Waals surface area (Å²) in [6.45, 7) is 1.26. The van der Waals surface area contributed by atoms with Crippen LogP contribution in [0.2, 0.25) is 0 Å². The molecule has 0 spiro atoms. The monoisotopic (exact) mass is 217 g/mol. The van der Waals surface area contributed by atoms with E-state index >= 15 is 0 Å². The Hall–Kier alpha value is 0.230. The summed E-state index contributed by atoms with van der Waals surface area (Å²) in [5.74, 6) is 1.30. The Balaban J connectivity index is 1.69. The van der Waals surface area contributed by atoms with Gasteiger partial charge in [0, 0.05) is 18.2 Å². The zero-order valence-corrected chi connectivity index (χ0v) is 9.30. The molecule has 0 aliphatic carbocycles. The molecule has 2 rings (SSSR count). The second-order valence-electron chi connectivity index (χ2n) is 3.98. The Morgan fingerprint density at radius 3 is 2.93 bits per heavy atom. The van der Waals surface area contributed by atoms with Gasteiger partial charge in [0.15, 0.2) is 6.29 Å². The number of thioether (sulfide) groups is 1. The molecule has 0 saturated carbocycles. The average molecular weight is 217 g/mol. The molecule has 2 aliphatic heterocycles. The van der Waals surface area contributed by atoms with Gasteiger partial charge in [-0.25, -0.2) is 0 Å². The first-order chi connectivity index (χ1) is 6.88. The number of hydrogen-bond acceptors (Lipinski definition) is 4. The maximum Gasteiger partial charge on any atom is 0.159 e. The van der Waals surface area contributed by atoms with E-state index in [0.717, 1.165) is 11.7 Å². The highest BCUT2D eigenvalue weighted by atomic mass is 32.2. The van der Waals surface area contributed by atoms with E-state index in [4.69, 9.17) is 15.2 Å². The molecule has 14 heavy (non-hydrogen) atoms. The Labute approximate surface area is 89.7 Å². The summed E-state index contributed by atoms with van der Waals surface area (Å²) in [4.78, 5) is 0. The fourth-order valence-electron chi connectivity index (χ4n) is 1.96. The average Bonchev–Trinajstić information content (AvgIpc) is 2.67. The van der Waals surface area contributed by atoms with E-state index in [1.54, 1.807) is 0 Å². The first kappa shape index (κ1) is 10.7. The summed E-state index contributed by atoms with van der Waals surface area (Å²) in [6, 6.07) is 0. The number of rotatable bonds is 3. The van der Waals surface area contributed by atoms with Gasteiger partial charge in [0.05, 0.1) is 12.7 Å². The lowest BCUT2D eigenvalue weighted by atomic mass is 10.1. The van der Waals surface area contributed by atoms with Crippen molar-refractivity contribution < 1.29 is 9.47 Å². The van der Waals surface area contributed by atoms with Crippen LogP contribution in [0, 0.1) is 0 Å². The molecule has 82 valence electrons. The quantitative estimate of drug-likeness (QED) is 0.775.